The third-order valence-electron chi connectivity index (χ3n) is 1.99. The molecule has 1 aromatic rings. The summed E-state index contributed by atoms with van der Waals surface area (Å²) >= 11 is 0. The maximum Gasteiger partial charge on any atom is 0.0437 e. The molecule has 0 bridgehead atoms. The number of rotatable bonds is 2. The molecule has 0 amide bonds. The Kier molecular flexibility index (Phi) is 5.70. The first-order valence-electron chi connectivity index (χ1n) is 5.06. The van der Waals surface area contributed by atoms with E-state index in [1.165, 1.54) is 16.8 Å². The van der Waals surface area contributed by atoms with Crippen LogP contribution in [0.15, 0.2) is 24.8 Å². The van der Waals surface area contributed by atoms with Crippen molar-refractivity contribution in [3.8, 4) is 0 Å². The zero-order valence-corrected chi connectivity index (χ0v) is 9.96. The average Bonchev–Trinajstić information content (AvgIpc) is 2.20. The Morgan fingerprint density at radius 2 is 1.79 bits per heavy atom. The normalized spacial score (nSPS) is 8.64. The lowest BCUT2D eigenvalue weighted by molar-refractivity contribution is 1.12. The second-order valence-electron chi connectivity index (χ2n) is 3.11. The maximum atomic E-state index is 3.81. The van der Waals surface area contributed by atoms with Crippen molar-refractivity contribution in [2.24, 2.45) is 0 Å². The second-order valence-corrected chi connectivity index (χ2v) is 3.11. The summed E-state index contributed by atoms with van der Waals surface area (Å²) in [4.78, 5) is 2.10. The van der Waals surface area contributed by atoms with Gasteiger partial charge in [-0.2, -0.15) is 0 Å². The van der Waals surface area contributed by atoms with E-state index < -0.39 is 0 Å². The van der Waals surface area contributed by atoms with Crippen LogP contribution in [-0.4, -0.2) is 14.1 Å². The van der Waals surface area contributed by atoms with Gasteiger partial charge in [0.25, 0.3) is 0 Å². The van der Waals surface area contributed by atoms with Crippen molar-refractivity contribution in [3.63, 3.8) is 0 Å². The lowest BCUT2D eigenvalue weighted by Gasteiger charge is -2.16. The highest BCUT2D eigenvalue weighted by Crippen LogP contribution is 2.22. The standard InChI is InChI=1S/C11H15N.C2H6/c1-5-10-9(2)7-6-8-11(10)12(3)4;1-2/h5-8H,1H2,2-4H3;1-2H3. The number of nitrogens with zero attached hydrogens (tertiary/aromatic N) is 1. The van der Waals surface area contributed by atoms with Crippen LogP contribution in [0.2, 0.25) is 0 Å². The van der Waals surface area contributed by atoms with Crippen LogP contribution in [0.25, 0.3) is 6.08 Å². The van der Waals surface area contributed by atoms with Crippen LogP contribution >= 0.6 is 0 Å². The smallest absolute Gasteiger partial charge is 0.0437 e. The Morgan fingerprint density at radius 1 is 1.21 bits per heavy atom. The minimum Gasteiger partial charge on any atom is -0.377 e. The molecule has 0 aliphatic heterocycles. The van der Waals surface area contributed by atoms with Gasteiger partial charge in [-0.25, -0.2) is 0 Å². The summed E-state index contributed by atoms with van der Waals surface area (Å²) in [6.07, 6.45) is 1.91. The fourth-order valence-corrected chi connectivity index (χ4v) is 1.32. The van der Waals surface area contributed by atoms with Gasteiger partial charge in [-0.1, -0.05) is 38.6 Å². The first-order valence-corrected chi connectivity index (χ1v) is 5.06. The number of hydrogen-bond acceptors (Lipinski definition) is 1. The van der Waals surface area contributed by atoms with Gasteiger partial charge in [0.05, 0.1) is 0 Å². The van der Waals surface area contributed by atoms with Crippen molar-refractivity contribution >= 4 is 11.8 Å². The van der Waals surface area contributed by atoms with E-state index in [2.05, 4.69) is 36.6 Å². The summed E-state index contributed by atoms with van der Waals surface area (Å²) in [5.41, 5.74) is 3.73. The minimum atomic E-state index is 1.22. The minimum absolute atomic E-state index is 1.22. The van der Waals surface area contributed by atoms with E-state index in [4.69, 9.17) is 0 Å². The fourth-order valence-electron chi connectivity index (χ4n) is 1.32. The van der Waals surface area contributed by atoms with Gasteiger partial charge in [-0.15, -0.1) is 0 Å². The van der Waals surface area contributed by atoms with Crippen molar-refractivity contribution in [1.82, 2.24) is 0 Å². The summed E-state index contributed by atoms with van der Waals surface area (Å²) in [7, 11) is 4.09. The predicted molar refractivity (Wildman–Crippen MR) is 66.9 cm³/mol. The molecule has 0 saturated carbocycles. The molecule has 0 atom stereocenters. The fraction of sp³-hybridized carbons (Fsp3) is 0.385. The number of aryl methyl sites for hydroxylation is 1. The van der Waals surface area contributed by atoms with Crippen LogP contribution in [0.3, 0.4) is 0 Å². The Labute approximate surface area is 88.1 Å². The molecule has 0 spiro atoms. The Hall–Kier alpha value is -1.24. The van der Waals surface area contributed by atoms with Gasteiger partial charge in [0, 0.05) is 25.3 Å². The molecule has 0 aromatic heterocycles. The number of hydrogen-bond donors (Lipinski definition) is 0. The van der Waals surface area contributed by atoms with Gasteiger partial charge in [0.1, 0.15) is 0 Å². The Morgan fingerprint density at radius 3 is 2.14 bits per heavy atom. The number of anilines is 1. The molecule has 1 nitrogen and oxygen atoms in total. The number of benzene rings is 1. The van der Waals surface area contributed by atoms with Crippen LogP contribution in [0, 0.1) is 6.92 Å². The summed E-state index contributed by atoms with van der Waals surface area (Å²) in [6.45, 7) is 9.91. The van der Waals surface area contributed by atoms with Gasteiger partial charge in [-0.05, 0) is 18.6 Å². The summed E-state index contributed by atoms with van der Waals surface area (Å²) < 4.78 is 0. The van der Waals surface area contributed by atoms with E-state index in [9.17, 15) is 0 Å². The summed E-state index contributed by atoms with van der Waals surface area (Å²) in [5.74, 6) is 0. The van der Waals surface area contributed by atoms with Crippen LogP contribution in [-0.2, 0) is 0 Å². The van der Waals surface area contributed by atoms with Crippen LogP contribution in [0.5, 0.6) is 0 Å². The van der Waals surface area contributed by atoms with Crippen LogP contribution in [0.1, 0.15) is 25.0 Å². The second kappa shape index (κ2) is 6.25. The van der Waals surface area contributed by atoms with Crippen LogP contribution < -0.4 is 4.90 Å². The molecule has 0 radical (unpaired) electrons. The van der Waals surface area contributed by atoms with Crippen molar-refractivity contribution in [3.05, 3.63) is 35.9 Å². The Bertz CT molecular complexity index is 287. The molecule has 0 fully saturated rings. The molecular weight excluding hydrogens is 170 g/mol. The molecule has 0 heterocycles. The van der Waals surface area contributed by atoms with E-state index in [0.717, 1.165) is 0 Å². The first kappa shape index (κ1) is 12.8. The predicted octanol–water partition coefficient (Wildman–Crippen LogP) is 3.73. The Balaban J connectivity index is 0.000000791. The lowest BCUT2D eigenvalue weighted by atomic mass is 10.1. The van der Waals surface area contributed by atoms with Crippen molar-refractivity contribution in [2.45, 2.75) is 20.8 Å². The SMILES string of the molecule is C=Cc1c(C)cccc1N(C)C.CC. The molecule has 1 rings (SSSR count). The van der Waals surface area contributed by atoms with E-state index in [0.29, 0.717) is 0 Å². The zero-order chi connectivity index (χ0) is 11.1. The van der Waals surface area contributed by atoms with Crippen LogP contribution in [0.4, 0.5) is 5.69 Å². The summed E-state index contributed by atoms with van der Waals surface area (Å²) in [6, 6.07) is 6.27. The average molecular weight is 191 g/mol. The molecule has 0 aliphatic carbocycles. The molecule has 1 aromatic carbocycles. The van der Waals surface area contributed by atoms with Crippen molar-refractivity contribution in [2.75, 3.05) is 19.0 Å². The first-order chi connectivity index (χ1) is 6.66. The lowest BCUT2D eigenvalue weighted by Crippen LogP contribution is -2.10. The van der Waals surface area contributed by atoms with E-state index in [1.807, 2.05) is 34.0 Å². The van der Waals surface area contributed by atoms with Crippen molar-refractivity contribution in [1.29, 1.82) is 0 Å². The summed E-state index contributed by atoms with van der Waals surface area (Å²) in [5, 5.41) is 0. The quantitative estimate of drug-likeness (QED) is 0.688. The molecular formula is C13H21N. The molecule has 14 heavy (non-hydrogen) atoms. The van der Waals surface area contributed by atoms with E-state index in [1.54, 1.807) is 0 Å². The largest absolute Gasteiger partial charge is 0.377 e. The van der Waals surface area contributed by atoms with Gasteiger partial charge in [-0.3, -0.25) is 0 Å². The molecule has 78 valence electrons. The van der Waals surface area contributed by atoms with Gasteiger partial charge in [0.2, 0.25) is 0 Å². The molecule has 0 N–H and O–H groups in total. The molecule has 0 saturated heterocycles. The van der Waals surface area contributed by atoms with E-state index >= 15 is 0 Å². The van der Waals surface area contributed by atoms with E-state index in [-0.39, 0.29) is 0 Å². The molecule has 0 aliphatic rings. The topological polar surface area (TPSA) is 3.24 Å². The highest BCUT2D eigenvalue weighted by atomic mass is 15.1. The molecule has 0 unspecified atom stereocenters. The van der Waals surface area contributed by atoms with Crippen molar-refractivity contribution < 1.29 is 0 Å². The van der Waals surface area contributed by atoms with Gasteiger partial charge < -0.3 is 4.90 Å². The zero-order valence-electron chi connectivity index (χ0n) is 9.96. The highest BCUT2D eigenvalue weighted by molar-refractivity contribution is 5.69. The third-order valence-corrected chi connectivity index (χ3v) is 1.99. The maximum absolute atomic E-state index is 3.81. The third kappa shape index (κ3) is 2.91. The monoisotopic (exact) mass is 191 g/mol. The van der Waals surface area contributed by atoms with Gasteiger partial charge >= 0.3 is 0 Å². The highest BCUT2D eigenvalue weighted by Gasteiger charge is 2.02. The molecule has 1 heteroatoms. The van der Waals surface area contributed by atoms with Gasteiger partial charge in [0.15, 0.2) is 0 Å².